The summed E-state index contributed by atoms with van der Waals surface area (Å²) in [5, 5.41) is 0. The number of unbranched alkanes of at least 4 members (excludes halogenated alkanes) is 2. The average Bonchev–Trinajstić information content (AvgIpc) is 2.30. The Bertz CT molecular complexity index is 207. The van der Waals surface area contributed by atoms with Gasteiger partial charge in [-0.3, -0.25) is 9.59 Å². The molecule has 2 amide bonds. The molecule has 0 aliphatic carbocycles. The van der Waals surface area contributed by atoms with Crippen LogP contribution in [-0.2, 0) is 9.59 Å². The van der Waals surface area contributed by atoms with Crippen LogP contribution in [-0.4, -0.2) is 48.8 Å². The Hall–Kier alpha value is -1.06. The van der Waals surface area contributed by atoms with Gasteiger partial charge in [0.25, 0.3) is 0 Å². The number of rotatable bonds is 9. The summed E-state index contributed by atoms with van der Waals surface area (Å²) >= 11 is 0. The second-order valence-electron chi connectivity index (χ2n) is 4.10. The average molecular weight is 228 g/mol. The molecule has 0 aliphatic heterocycles. The molecule has 0 aromatic carbocycles. The van der Waals surface area contributed by atoms with Crippen LogP contribution in [0.3, 0.4) is 0 Å². The molecule has 4 heteroatoms. The third kappa shape index (κ3) is 6.43. The van der Waals surface area contributed by atoms with Crippen LogP contribution in [0.25, 0.3) is 0 Å². The first-order valence-electron chi connectivity index (χ1n) is 6.09. The summed E-state index contributed by atoms with van der Waals surface area (Å²) in [7, 11) is 1.79. The molecule has 0 radical (unpaired) electrons. The molecular formula is C12H24N2O2. The maximum atomic E-state index is 11.7. The molecule has 0 spiro atoms. The molecule has 0 rings (SSSR count). The molecule has 0 atom stereocenters. The maximum absolute atomic E-state index is 11.7. The highest BCUT2D eigenvalue weighted by molar-refractivity contribution is 5.79. The Morgan fingerprint density at radius 1 is 1.12 bits per heavy atom. The fourth-order valence-electron chi connectivity index (χ4n) is 1.34. The maximum Gasteiger partial charge on any atom is 0.241 e. The fourth-order valence-corrected chi connectivity index (χ4v) is 1.34. The van der Waals surface area contributed by atoms with E-state index in [9.17, 15) is 9.59 Å². The predicted molar refractivity (Wildman–Crippen MR) is 65.1 cm³/mol. The summed E-state index contributed by atoms with van der Waals surface area (Å²) in [5.74, 6) is 0.0247. The number of carbonyl (C=O) groups excluding carboxylic acids is 2. The predicted octanol–water partition coefficient (Wildman–Crippen LogP) is 1.50. The topological polar surface area (TPSA) is 40.6 Å². The zero-order valence-electron chi connectivity index (χ0n) is 10.7. The van der Waals surface area contributed by atoms with Crippen molar-refractivity contribution in [3.8, 4) is 0 Å². The second kappa shape index (κ2) is 9.19. The van der Waals surface area contributed by atoms with Gasteiger partial charge in [0, 0.05) is 20.1 Å². The van der Waals surface area contributed by atoms with Crippen molar-refractivity contribution in [3.63, 3.8) is 0 Å². The van der Waals surface area contributed by atoms with E-state index in [1.54, 1.807) is 16.8 Å². The van der Waals surface area contributed by atoms with Gasteiger partial charge in [-0.05, 0) is 12.8 Å². The summed E-state index contributed by atoms with van der Waals surface area (Å²) in [6.45, 7) is 5.82. The lowest BCUT2D eigenvalue weighted by Gasteiger charge is -2.21. The zero-order chi connectivity index (χ0) is 12.4. The highest BCUT2D eigenvalue weighted by Crippen LogP contribution is 1.96. The van der Waals surface area contributed by atoms with Crippen molar-refractivity contribution in [3.05, 3.63) is 0 Å². The molecular weight excluding hydrogens is 204 g/mol. The van der Waals surface area contributed by atoms with Crippen molar-refractivity contribution in [2.45, 2.75) is 39.5 Å². The Balaban J connectivity index is 3.93. The van der Waals surface area contributed by atoms with E-state index in [0.717, 1.165) is 38.6 Å². The van der Waals surface area contributed by atoms with Gasteiger partial charge < -0.3 is 9.80 Å². The van der Waals surface area contributed by atoms with Crippen molar-refractivity contribution in [2.75, 3.05) is 26.7 Å². The lowest BCUT2D eigenvalue weighted by molar-refractivity contribution is -0.134. The quantitative estimate of drug-likeness (QED) is 0.561. The van der Waals surface area contributed by atoms with E-state index in [0.29, 0.717) is 6.54 Å². The van der Waals surface area contributed by atoms with Gasteiger partial charge in [0.15, 0.2) is 0 Å². The molecule has 0 aromatic rings. The van der Waals surface area contributed by atoms with Crippen molar-refractivity contribution < 1.29 is 9.59 Å². The van der Waals surface area contributed by atoms with E-state index in [1.807, 2.05) is 0 Å². The SMILES string of the molecule is CCCCN(C=O)CC(=O)N(C)CCCC. The Morgan fingerprint density at radius 2 is 1.69 bits per heavy atom. The van der Waals surface area contributed by atoms with Crippen molar-refractivity contribution in [2.24, 2.45) is 0 Å². The zero-order valence-corrected chi connectivity index (χ0v) is 10.7. The number of hydrogen-bond donors (Lipinski definition) is 0. The molecule has 94 valence electrons. The van der Waals surface area contributed by atoms with Crippen LogP contribution < -0.4 is 0 Å². The van der Waals surface area contributed by atoms with Gasteiger partial charge in [0.05, 0.1) is 6.54 Å². The van der Waals surface area contributed by atoms with Gasteiger partial charge in [0.2, 0.25) is 12.3 Å². The first-order valence-corrected chi connectivity index (χ1v) is 6.09. The molecule has 0 fully saturated rings. The van der Waals surface area contributed by atoms with Crippen molar-refractivity contribution in [1.82, 2.24) is 9.80 Å². The third-order valence-corrected chi connectivity index (χ3v) is 2.56. The Kier molecular flexibility index (Phi) is 8.58. The number of amides is 2. The van der Waals surface area contributed by atoms with Crippen molar-refractivity contribution in [1.29, 1.82) is 0 Å². The minimum atomic E-state index is 0.0247. The van der Waals surface area contributed by atoms with E-state index in [1.165, 1.54) is 0 Å². The number of nitrogens with zero attached hydrogens (tertiary/aromatic N) is 2. The molecule has 0 saturated carbocycles. The Labute approximate surface area is 98.6 Å². The van der Waals surface area contributed by atoms with Gasteiger partial charge in [-0.25, -0.2) is 0 Å². The van der Waals surface area contributed by atoms with Gasteiger partial charge >= 0.3 is 0 Å². The fraction of sp³-hybridized carbons (Fsp3) is 0.833. The van der Waals surface area contributed by atoms with E-state index in [-0.39, 0.29) is 12.5 Å². The molecule has 0 unspecified atom stereocenters. The van der Waals surface area contributed by atoms with E-state index in [2.05, 4.69) is 13.8 Å². The molecule has 0 bridgehead atoms. The lowest BCUT2D eigenvalue weighted by atomic mass is 10.3. The van der Waals surface area contributed by atoms with Crippen LogP contribution in [0, 0.1) is 0 Å². The second-order valence-corrected chi connectivity index (χ2v) is 4.10. The first-order chi connectivity index (χ1) is 7.65. The van der Waals surface area contributed by atoms with Gasteiger partial charge in [-0.1, -0.05) is 26.7 Å². The normalized spacial score (nSPS) is 9.94. The Morgan fingerprint density at radius 3 is 2.19 bits per heavy atom. The highest BCUT2D eigenvalue weighted by Gasteiger charge is 2.12. The summed E-state index contributed by atoms with van der Waals surface area (Å²) in [6, 6.07) is 0. The number of carbonyl (C=O) groups is 2. The minimum absolute atomic E-state index is 0.0247. The summed E-state index contributed by atoms with van der Waals surface area (Å²) in [5.41, 5.74) is 0. The van der Waals surface area contributed by atoms with Crippen molar-refractivity contribution >= 4 is 12.3 Å². The van der Waals surface area contributed by atoms with Crippen LogP contribution in [0.1, 0.15) is 39.5 Å². The minimum Gasteiger partial charge on any atom is -0.344 e. The number of hydrogen-bond acceptors (Lipinski definition) is 2. The number of likely N-dealkylation sites (N-methyl/N-ethyl adjacent to an activating group) is 1. The molecule has 16 heavy (non-hydrogen) atoms. The van der Waals surface area contributed by atoms with Crippen LogP contribution in [0.5, 0.6) is 0 Å². The lowest BCUT2D eigenvalue weighted by Crippen LogP contribution is -2.38. The standard InChI is InChI=1S/C12H24N2O2/c1-4-6-8-13(3)12(16)10-14(11-15)9-7-5-2/h11H,4-10H2,1-3H3. The summed E-state index contributed by atoms with van der Waals surface area (Å²) in [4.78, 5) is 25.7. The van der Waals surface area contributed by atoms with Crippen LogP contribution in [0.2, 0.25) is 0 Å². The largest absolute Gasteiger partial charge is 0.344 e. The van der Waals surface area contributed by atoms with E-state index in [4.69, 9.17) is 0 Å². The summed E-state index contributed by atoms with van der Waals surface area (Å²) < 4.78 is 0. The van der Waals surface area contributed by atoms with E-state index >= 15 is 0 Å². The monoisotopic (exact) mass is 228 g/mol. The molecule has 0 saturated heterocycles. The van der Waals surface area contributed by atoms with Gasteiger partial charge in [-0.15, -0.1) is 0 Å². The molecule has 4 nitrogen and oxygen atoms in total. The van der Waals surface area contributed by atoms with Crippen LogP contribution in [0.4, 0.5) is 0 Å². The third-order valence-electron chi connectivity index (χ3n) is 2.56. The summed E-state index contributed by atoms with van der Waals surface area (Å²) in [6.07, 6.45) is 4.83. The van der Waals surface area contributed by atoms with Gasteiger partial charge in [-0.2, -0.15) is 0 Å². The molecule has 0 heterocycles. The van der Waals surface area contributed by atoms with Crippen LogP contribution >= 0.6 is 0 Å². The molecule has 0 aromatic heterocycles. The molecule has 0 aliphatic rings. The first kappa shape index (κ1) is 14.9. The van der Waals surface area contributed by atoms with E-state index < -0.39 is 0 Å². The van der Waals surface area contributed by atoms with Crippen LogP contribution in [0.15, 0.2) is 0 Å². The van der Waals surface area contributed by atoms with Gasteiger partial charge in [0.1, 0.15) is 0 Å². The molecule has 0 N–H and O–H groups in total. The highest BCUT2D eigenvalue weighted by atomic mass is 16.2. The smallest absolute Gasteiger partial charge is 0.241 e.